The van der Waals surface area contributed by atoms with E-state index in [1.165, 1.54) is 0 Å². The third kappa shape index (κ3) is 1.25. The molecule has 4 nitrogen and oxygen atoms in total. The highest BCUT2D eigenvalue weighted by atomic mass is 16.3. The van der Waals surface area contributed by atoms with E-state index < -0.39 is 6.04 Å². The van der Waals surface area contributed by atoms with Crippen LogP contribution in [0.1, 0.15) is 11.8 Å². The fourth-order valence-corrected chi connectivity index (χ4v) is 1.12. The Morgan fingerprint density at radius 1 is 1.62 bits per heavy atom. The molecule has 0 radical (unpaired) electrons. The summed E-state index contributed by atoms with van der Waals surface area (Å²) in [6.45, 7) is 0. The Balaban J connectivity index is 2.57. The molecule has 0 saturated carbocycles. The fourth-order valence-electron chi connectivity index (χ4n) is 1.12. The van der Waals surface area contributed by atoms with Crippen LogP contribution in [0.25, 0.3) is 11.0 Å². The first kappa shape index (κ1) is 7.77. The Labute approximate surface area is 74.6 Å². The number of nitrogens with zero attached hydrogens (tertiary/aromatic N) is 2. The van der Waals surface area contributed by atoms with E-state index >= 15 is 0 Å². The van der Waals surface area contributed by atoms with Crippen molar-refractivity contribution in [1.82, 2.24) is 4.98 Å². The van der Waals surface area contributed by atoms with Gasteiger partial charge in [0.15, 0.2) is 6.04 Å². The van der Waals surface area contributed by atoms with Crippen molar-refractivity contribution in [2.45, 2.75) is 6.04 Å². The highest BCUT2D eigenvalue weighted by molar-refractivity contribution is 5.76. The van der Waals surface area contributed by atoms with Gasteiger partial charge in [-0.1, -0.05) is 0 Å². The van der Waals surface area contributed by atoms with E-state index in [0.717, 1.165) is 5.39 Å². The lowest BCUT2D eigenvalue weighted by Gasteiger charge is -1.93. The van der Waals surface area contributed by atoms with Crippen molar-refractivity contribution < 1.29 is 4.42 Å². The summed E-state index contributed by atoms with van der Waals surface area (Å²) < 4.78 is 5.33. The average Bonchev–Trinajstić information content (AvgIpc) is 2.59. The SMILES string of the molecule is N#C[C@H](N)c1cc2cnccc2o1. The first-order valence-corrected chi connectivity index (χ1v) is 3.80. The Hall–Kier alpha value is -1.86. The minimum Gasteiger partial charge on any atom is -0.458 e. The third-order valence-electron chi connectivity index (χ3n) is 1.78. The van der Waals surface area contributed by atoms with E-state index in [4.69, 9.17) is 15.4 Å². The van der Waals surface area contributed by atoms with Gasteiger partial charge in [-0.15, -0.1) is 0 Å². The molecule has 0 aromatic carbocycles. The van der Waals surface area contributed by atoms with Crippen molar-refractivity contribution in [2.24, 2.45) is 5.73 Å². The highest BCUT2D eigenvalue weighted by Crippen LogP contribution is 2.21. The van der Waals surface area contributed by atoms with Crippen LogP contribution in [0.3, 0.4) is 0 Å². The highest BCUT2D eigenvalue weighted by Gasteiger charge is 2.10. The second kappa shape index (κ2) is 2.88. The van der Waals surface area contributed by atoms with Crippen molar-refractivity contribution in [1.29, 1.82) is 5.26 Å². The predicted octanol–water partition coefficient (Wildman–Crippen LogP) is 1.35. The van der Waals surface area contributed by atoms with Crippen LogP contribution < -0.4 is 5.73 Å². The van der Waals surface area contributed by atoms with E-state index in [1.54, 1.807) is 24.5 Å². The summed E-state index contributed by atoms with van der Waals surface area (Å²) in [6, 6.07) is 4.68. The molecule has 0 aliphatic carbocycles. The van der Waals surface area contributed by atoms with Crippen LogP contribution in [0.2, 0.25) is 0 Å². The number of nitrogens with two attached hydrogens (primary N) is 1. The maximum atomic E-state index is 8.56. The lowest BCUT2D eigenvalue weighted by Crippen LogP contribution is -2.05. The lowest BCUT2D eigenvalue weighted by molar-refractivity contribution is 0.533. The summed E-state index contributed by atoms with van der Waals surface area (Å²) >= 11 is 0. The second-order valence-corrected chi connectivity index (χ2v) is 2.67. The van der Waals surface area contributed by atoms with E-state index in [2.05, 4.69) is 4.98 Å². The summed E-state index contributed by atoms with van der Waals surface area (Å²) in [5.41, 5.74) is 6.19. The summed E-state index contributed by atoms with van der Waals surface area (Å²) in [4.78, 5) is 3.93. The Bertz CT molecular complexity index is 436. The van der Waals surface area contributed by atoms with Gasteiger partial charge < -0.3 is 10.2 Å². The standard InChI is InChI=1S/C9H7N3O/c10-4-7(11)9-3-6-5-12-2-1-8(6)13-9/h1-3,5,7H,11H2/t7-/m0/s1. The molecule has 4 heteroatoms. The molecule has 0 fully saturated rings. The quantitative estimate of drug-likeness (QED) is 0.706. The molecule has 2 heterocycles. The first-order chi connectivity index (χ1) is 6.31. The van der Waals surface area contributed by atoms with Crippen molar-refractivity contribution in [3.05, 3.63) is 30.3 Å². The van der Waals surface area contributed by atoms with Gasteiger partial charge in [-0.3, -0.25) is 4.98 Å². The van der Waals surface area contributed by atoms with Crippen molar-refractivity contribution >= 4 is 11.0 Å². The molecule has 2 aromatic rings. The number of furan rings is 1. The largest absolute Gasteiger partial charge is 0.458 e. The van der Waals surface area contributed by atoms with E-state index in [9.17, 15) is 0 Å². The maximum absolute atomic E-state index is 8.56. The van der Waals surface area contributed by atoms with Gasteiger partial charge in [-0.2, -0.15) is 5.26 Å². The van der Waals surface area contributed by atoms with Crippen LogP contribution in [-0.2, 0) is 0 Å². The topological polar surface area (TPSA) is 75.8 Å². The zero-order chi connectivity index (χ0) is 9.26. The molecule has 0 aliphatic rings. The number of nitriles is 1. The number of rotatable bonds is 1. The second-order valence-electron chi connectivity index (χ2n) is 2.67. The lowest BCUT2D eigenvalue weighted by atomic mass is 10.2. The molecule has 0 unspecified atom stereocenters. The van der Waals surface area contributed by atoms with Gasteiger partial charge in [0.1, 0.15) is 11.3 Å². The van der Waals surface area contributed by atoms with Gasteiger partial charge in [0.2, 0.25) is 0 Å². The van der Waals surface area contributed by atoms with Crippen LogP contribution in [0.5, 0.6) is 0 Å². The molecule has 2 rings (SSSR count). The molecule has 0 aliphatic heterocycles. The Kier molecular flexibility index (Phi) is 1.72. The molecule has 1 atom stereocenters. The predicted molar refractivity (Wildman–Crippen MR) is 46.6 cm³/mol. The van der Waals surface area contributed by atoms with Gasteiger partial charge >= 0.3 is 0 Å². The minimum absolute atomic E-state index is 0.477. The van der Waals surface area contributed by atoms with Gasteiger partial charge in [0.25, 0.3) is 0 Å². The summed E-state index contributed by atoms with van der Waals surface area (Å²) in [6.07, 6.45) is 3.31. The van der Waals surface area contributed by atoms with Gasteiger partial charge in [-0.25, -0.2) is 0 Å². The number of aromatic nitrogens is 1. The van der Waals surface area contributed by atoms with Crippen molar-refractivity contribution in [3.63, 3.8) is 0 Å². The van der Waals surface area contributed by atoms with Gasteiger partial charge in [0.05, 0.1) is 6.07 Å². The van der Waals surface area contributed by atoms with Crippen LogP contribution >= 0.6 is 0 Å². The molecular formula is C9H7N3O. The monoisotopic (exact) mass is 173 g/mol. The summed E-state index contributed by atoms with van der Waals surface area (Å²) in [5.74, 6) is 0.477. The fraction of sp³-hybridized carbons (Fsp3) is 0.111. The molecule has 13 heavy (non-hydrogen) atoms. The number of hydrogen-bond donors (Lipinski definition) is 1. The Morgan fingerprint density at radius 2 is 2.46 bits per heavy atom. The molecule has 2 N–H and O–H groups in total. The van der Waals surface area contributed by atoms with Gasteiger partial charge in [0, 0.05) is 17.8 Å². The van der Waals surface area contributed by atoms with Crippen LogP contribution in [0, 0.1) is 11.3 Å². The molecule has 0 spiro atoms. The number of pyridine rings is 1. The minimum atomic E-state index is -0.701. The van der Waals surface area contributed by atoms with Crippen LogP contribution in [0.4, 0.5) is 0 Å². The van der Waals surface area contributed by atoms with Crippen molar-refractivity contribution in [3.8, 4) is 6.07 Å². The molecule has 0 saturated heterocycles. The molecule has 64 valence electrons. The Morgan fingerprint density at radius 3 is 3.15 bits per heavy atom. The smallest absolute Gasteiger partial charge is 0.151 e. The van der Waals surface area contributed by atoms with E-state index in [-0.39, 0.29) is 0 Å². The van der Waals surface area contributed by atoms with Crippen LogP contribution in [-0.4, -0.2) is 4.98 Å². The number of fused-ring (bicyclic) bond motifs is 1. The molecular weight excluding hydrogens is 166 g/mol. The van der Waals surface area contributed by atoms with E-state index in [1.807, 2.05) is 6.07 Å². The number of hydrogen-bond acceptors (Lipinski definition) is 4. The molecule has 0 bridgehead atoms. The summed E-state index contributed by atoms with van der Waals surface area (Å²) in [7, 11) is 0. The normalized spacial score (nSPS) is 12.6. The average molecular weight is 173 g/mol. The van der Waals surface area contributed by atoms with E-state index in [0.29, 0.717) is 11.3 Å². The molecule has 0 amide bonds. The van der Waals surface area contributed by atoms with Crippen LogP contribution in [0.15, 0.2) is 28.9 Å². The first-order valence-electron chi connectivity index (χ1n) is 3.80. The summed E-state index contributed by atoms with van der Waals surface area (Å²) in [5, 5.41) is 9.43. The van der Waals surface area contributed by atoms with Crippen molar-refractivity contribution in [2.75, 3.05) is 0 Å². The third-order valence-corrected chi connectivity index (χ3v) is 1.78. The van der Waals surface area contributed by atoms with Gasteiger partial charge in [-0.05, 0) is 12.1 Å². The zero-order valence-corrected chi connectivity index (χ0v) is 6.77. The zero-order valence-electron chi connectivity index (χ0n) is 6.77. The maximum Gasteiger partial charge on any atom is 0.151 e. The molecule has 2 aromatic heterocycles.